The number of guanidine groups is 6. The highest BCUT2D eigenvalue weighted by molar-refractivity contribution is 7.99. The Morgan fingerprint density at radius 1 is 0.461 bits per heavy atom. The molecule has 32 N–H and O–H groups in total. The molecule has 0 spiro atoms. The van der Waals surface area contributed by atoms with E-state index in [9.17, 15) is 19.2 Å². The Morgan fingerprint density at radius 2 is 0.776 bits per heavy atom. The number of nitrogens with two attached hydrogens (primary N) is 8. The molecule has 0 saturated heterocycles. The molecule has 32 heteroatoms. The highest BCUT2D eigenvalue weighted by Crippen LogP contribution is 2.38. The maximum atomic E-state index is 14.7. The van der Waals surface area contributed by atoms with Gasteiger partial charge in [-0.3, -0.25) is 51.6 Å². The van der Waals surface area contributed by atoms with Gasteiger partial charge in [-0.05, 0) is 56.0 Å². The van der Waals surface area contributed by atoms with Gasteiger partial charge in [0, 0.05) is 43.8 Å². The molecule has 0 fully saturated rings. The van der Waals surface area contributed by atoms with E-state index >= 15 is 0 Å². The zero-order valence-electron chi connectivity index (χ0n) is 41.6. The summed E-state index contributed by atoms with van der Waals surface area (Å²) in [5, 5.41) is 72.5. The first-order valence-electron chi connectivity index (χ1n) is 23.3. The fourth-order valence-electron chi connectivity index (χ4n) is 6.49. The summed E-state index contributed by atoms with van der Waals surface area (Å²) in [7, 11) is 0. The van der Waals surface area contributed by atoms with Gasteiger partial charge in [-0.1, -0.05) is 12.1 Å². The van der Waals surface area contributed by atoms with Gasteiger partial charge in [0.05, 0.1) is 68.8 Å². The van der Waals surface area contributed by atoms with E-state index in [-0.39, 0.29) is 133 Å². The first-order chi connectivity index (χ1) is 36.2. The maximum absolute atomic E-state index is 14.7. The normalized spacial score (nSPS) is 11.3. The predicted octanol–water partition coefficient (Wildman–Crippen LogP) is -1.88. The Morgan fingerprint density at radius 3 is 1.12 bits per heavy atom. The highest BCUT2D eigenvalue weighted by atomic mass is 32.2. The van der Waals surface area contributed by atoms with Crippen LogP contribution in [0.1, 0.15) is 46.4 Å². The van der Waals surface area contributed by atoms with Crippen molar-refractivity contribution in [3.8, 4) is 11.5 Å². The number of anilines is 4. The summed E-state index contributed by atoms with van der Waals surface area (Å²) in [6.07, 6.45) is 1.36. The molecular weight excluding hydrogens is 1020 g/mol. The van der Waals surface area contributed by atoms with Crippen LogP contribution in [0.2, 0.25) is 0 Å². The van der Waals surface area contributed by atoms with Crippen LogP contribution in [-0.2, 0) is 9.59 Å². The summed E-state index contributed by atoms with van der Waals surface area (Å²) in [4.78, 5) is 57.1. The molecule has 0 aromatic heterocycles. The standard InChI is InChI=1S/C44H70N24O6S2/c45-25(5-3-11-59-39(47)48)37(71)67-29-9-1-7-27(33(29)75-19-15-63-43(55)56)65-35(69)23-21-24(32(74-18-14-62-42(53)54)22-31(23)73-17-13-61-41(51)52)36(70)66-28-8-2-10-30(34(28)76-20-16-64-44(57)58)68-38(72)26(46)6-4-12-60-40(49)50/h1-2,7-10,21-22,25-26H,3-6,11-20,45-46H2,(H,65,69)(H,66,70)(H,67,71)(H,68,72)(H4,47,48,59)(H4,49,50,60)(H4,51,52,61)(H4,53,54,62)(H4,55,56,63)(H4,57,58,64)/t25-,26-/m1/s1. The van der Waals surface area contributed by atoms with Gasteiger partial charge in [0.25, 0.3) is 11.8 Å². The molecular formula is C44H70N24O6S2. The molecule has 3 rings (SSSR count). The molecule has 0 aliphatic rings. The second-order valence-corrected chi connectivity index (χ2v) is 18.2. The number of hydrogen-bond acceptors (Lipinski definition) is 16. The molecule has 3 aromatic carbocycles. The van der Waals surface area contributed by atoms with Gasteiger partial charge in [-0.2, -0.15) is 0 Å². The quantitative estimate of drug-likeness (QED) is 0.0141. The Bertz CT molecular complexity index is 2390. The topological polar surface area (TPSA) is 558 Å². The molecule has 0 heterocycles. The van der Waals surface area contributed by atoms with Crippen molar-refractivity contribution in [2.45, 2.75) is 47.6 Å². The molecule has 0 bridgehead atoms. The van der Waals surface area contributed by atoms with Gasteiger partial charge in [0.2, 0.25) is 11.8 Å². The molecule has 0 aliphatic carbocycles. The maximum Gasteiger partial charge on any atom is 0.259 e. The Balaban J connectivity index is 2.16. The third-order valence-corrected chi connectivity index (χ3v) is 12.3. The molecule has 76 heavy (non-hydrogen) atoms. The number of thioether (sulfide) groups is 2. The van der Waals surface area contributed by atoms with E-state index < -0.39 is 35.7 Å². The third kappa shape index (κ3) is 22.7. The lowest BCUT2D eigenvalue weighted by Gasteiger charge is -2.21. The van der Waals surface area contributed by atoms with E-state index in [2.05, 4.69) is 53.2 Å². The summed E-state index contributed by atoms with van der Waals surface area (Å²) in [5.41, 5.74) is 45.9. The van der Waals surface area contributed by atoms with Crippen molar-refractivity contribution in [3.05, 3.63) is 59.7 Å². The summed E-state index contributed by atoms with van der Waals surface area (Å²) in [6.45, 7) is 0.888. The molecule has 0 saturated carbocycles. The van der Waals surface area contributed by atoms with Gasteiger partial charge in [0.1, 0.15) is 24.7 Å². The molecule has 2 atom stereocenters. The first-order valence-corrected chi connectivity index (χ1v) is 25.3. The van der Waals surface area contributed by atoms with Crippen LogP contribution in [-0.4, -0.2) is 135 Å². The zero-order chi connectivity index (χ0) is 56.2. The van der Waals surface area contributed by atoms with Crippen LogP contribution in [0.15, 0.2) is 58.3 Å². The van der Waals surface area contributed by atoms with E-state index in [1.165, 1.54) is 35.7 Å². The monoisotopic (exact) mass is 1090 g/mol. The number of carbonyl (C=O) groups is 4. The van der Waals surface area contributed by atoms with Crippen molar-refractivity contribution in [1.29, 1.82) is 32.5 Å². The minimum atomic E-state index is -0.958. The summed E-state index contributed by atoms with van der Waals surface area (Å²) < 4.78 is 12.2. The summed E-state index contributed by atoms with van der Waals surface area (Å²) >= 11 is 2.43. The van der Waals surface area contributed by atoms with Crippen LogP contribution >= 0.6 is 23.5 Å². The number of nitrogens with one attached hydrogen (secondary N) is 16. The van der Waals surface area contributed by atoms with Crippen molar-refractivity contribution in [3.63, 3.8) is 0 Å². The Kier molecular flexibility index (Phi) is 26.4. The van der Waals surface area contributed by atoms with Crippen LogP contribution in [0, 0.1) is 32.5 Å². The molecule has 0 radical (unpaired) electrons. The second-order valence-electron chi connectivity index (χ2n) is 16.0. The van der Waals surface area contributed by atoms with Crippen molar-refractivity contribution >= 4 is 106 Å². The zero-order valence-corrected chi connectivity index (χ0v) is 43.2. The van der Waals surface area contributed by atoms with Gasteiger partial charge in [-0.25, -0.2) is 0 Å². The molecule has 30 nitrogen and oxygen atoms in total. The average Bonchev–Trinajstić information content (AvgIpc) is 3.35. The van der Waals surface area contributed by atoms with E-state index in [4.69, 9.17) is 87.8 Å². The Labute approximate surface area is 446 Å². The van der Waals surface area contributed by atoms with E-state index in [1.807, 2.05) is 0 Å². The van der Waals surface area contributed by atoms with Crippen molar-refractivity contribution in [2.24, 2.45) is 45.9 Å². The van der Waals surface area contributed by atoms with Crippen molar-refractivity contribution < 1.29 is 28.7 Å². The number of carbonyl (C=O) groups excluding carboxylic acids is 4. The number of ether oxygens (including phenoxy) is 2. The number of hydrogen-bond donors (Lipinski definition) is 24. The molecule has 3 aromatic rings. The van der Waals surface area contributed by atoms with Crippen molar-refractivity contribution in [1.82, 2.24) is 31.9 Å². The lowest BCUT2D eigenvalue weighted by molar-refractivity contribution is -0.118. The Hall–Kier alpha value is -8.62. The van der Waals surface area contributed by atoms with E-state index in [0.29, 0.717) is 47.2 Å². The molecule has 414 valence electrons. The largest absolute Gasteiger partial charge is 0.491 e. The van der Waals surface area contributed by atoms with Gasteiger partial charge in [0.15, 0.2) is 35.8 Å². The number of rotatable bonds is 32. The second kappa shape index (κ2) is 32.5. The molecule has 0 unspecified atom stereocenters. The lowest BCUT2D eigenvalue weighted by Crippen LogP contribution is -2.37. The van der Waals surface area contributed by atoms with Crippen LogP contribution in [0.3, 0.4) is 0 Å². The fraction of sp³-hybridized carbons (Fsp3) is 0.364. The van der Waals surface area contributed by atoms with Crippen LogP contribution in [0.5, 0.6) is 11.5 Å². The molecule has 4 amide bonds. The minimum absolute atomic E-state index is 0.0286. The van der Waals surface area contributed by atoms with Crippen LogP contribution in [0.25, 0.3) is 0 Å². The van der Waals surface area contributed by atoms with Crippen LogP contribution in [0.4, 0.5) is 22.7 Å². The first kappa shape index (κ1) is 61.7. The number of benzene rings is 3. The highest BCUT2D eigenvalue weighted by Gasteiger charge is 2.26. The van der Waals surface area contributed by atoms with Gasteiger partial charge < -0.3 is 109 Å². The summed E-state index contributed by atoms with van der Waals surface area (Å²) in [6, 6.07) is 10.2. The van der Waals surface area contributed by atoms with E-state index in [0.717, 1.165) is 0 Å². The van der Waals surface area contributed by atoms with Crippen molar-refractivity contribution in [2.75, 3.05) is 85.3 Å². The smallest absolute Gasteiger partial charge is 0.259 e. The minimum Gasteiger partial charge on any atom is -0.491 e. The summed E-state index contributed by atoms with van der Waals surface area (Å²) in [5.74, 6) is -3.83. The van der Waals surface area contributed by atoms with Crippen LogP contribution < -0.4 is 109 Å². The predicted molar refractivity (Wildman–Crippen MR) is 299 cm³/mol. The van der Waals surface area contributed by atoms with Gasteiger partial charge in [-0.15, -0.1) is 23.5 Å². The SMILES string of the molecule is N=C(N)NCCC[C@@H](N)C(=O)Nc1cccc(NC(=O)c2cc(C(=O)Nc3cccc(NC(=O)[C@H](N)CCCNC(=N)N)c3SCCNC(=N)N)c(OCCNC(=N)N)cc2OCCNC(=N)N)c1SCCNC(=N)N. The van der Waals surface area contributed by atoms with E-state index in [1.54, 1.807) is 36.4 Å². The third-order valence-electron chi connectivity index (χ3n) is 9.98. The number of amides is 4. The molecule has 0 aliphatic heterocycles. The van der Waals surface area contributed by atoms with Gasteiger partial charge >= 0.3 is 0 Å². The average molecular weight is 1100 g/mol. The fourth-order valence-corrected chi connectivity index (χ4v) is 8.40. The lowest BCUT2D eigenvalue weighted by atomic mass is 10.1.